The van der Waals surface area contributed by atoms with Crippen molar-refractivity contribution in [2.45, 2.75) is 17.4 Å². The summed E-state index contributed by atoms with van der Waals surface area (Å²) < 4.78 is 0.234. The van der Waals surface area contributed by atoms with Gasteiger partial charge in [0, 0.05) is 6.54 Å². The van der Waals surface area contributed by atoms with Crippen LogP contribution in [0, 0.1) is 0 Å². The zero-order chi connectivity index (χ0) is 6.91. The van der Waals surface area contributed by atoms with Crippen LogP contribution in [0.15, 0.2) is 4.99 Å². The molecule has 0 fully saturated rings. The molecular weight excluding hydrogens is 227 g/mol. The lowest BCUT2D eigenvalue weighted by Crippen LogP contribution is -2.35. The molecule has 1 rings (SSSR count). The molecule has 0 saturated carbocycles. The van der Waals surface area contributed by atoms with Crippen molar-refractivity contribution in [1.82, 2.24) is 4.90 Å². The highest BCUT2D eigenvalue weighted by molar-refractivity contribution is 14.1. The van der Waals surface area contributed by atoms with E-state index in [9.17, 15) is 0 Å². The summed E-state index contributed by atoms with van der Waals surface area (Å²) in [4.78, 5) is 6.37. The molecule has 0 unspecified atom stereocenters. The third kappa shape index (κ3) is 1.81. The van der Waals surface area contributed by atoms with Crippen molar-refractivity contribution in [1.29, 1.82) is 0 Å². The Morgan fingerprint density at radius 1 is 1.67 bits per heavy atom. The third-order valence-corrected chi connectivity index (χ3v) is 1.99. The van der Waals surface area contributed by atoms with Crippen LogP contribution < -0.4 is 0 Å². The smallest absolute Gasteiger partial charge is 0.0870 e. The number of hydrogen-bond acceptors (Lipinski definition) is 2. The number of rotatable bonds is 1. The van der Waals surface area contributed by atoms with Crippen LogP contribution >= 0.6 is 22.6 Å². The molecule has 2 nitrogen and oxygen atoms in total. The van der Waals surface area contributed by atoms with Gasteiger partial charge < -0.3 is 4.90 Å². The Hall–Kier alpha value is 0.200. The summed E-state index contributed by atoms with van der Waals surface area (Å²) in [6.45, 7) is 6.41. The monoisotopic (exact) mass is 238 g/mol. The van der Waals surface area contributed by atoms with Gasteiger partial charge in [0.1, 0.15) is 0 Å². The first kappa shape index (κ1) is 7.31. The summed E-state index contributed by atoms with van der Waals surface area (Å²) in [6, 6.07) is 0. The highest BCUT2D eigenvalue weighted by atomic mass is 127. The standard InChI is InChI=1S/C6H11IN2/c1-6(2,7)9-4-3-8-5-9/h5H,3-4H2,1-2H3. The lowest BCUT2D eigenvalue weighted by molar-refractivity contribution is 0.371. The Labute approximate surface area is 69.5 Å². The second-order valence-electron chi connectivity index (χ2n) is 2.62. The fourth-order valence-electron chi connectivity index (χ4n) is 0.783. The van der Waals surface area contributed by atoms with Crippen molar-refractivity contribution in [3.63, 3.8) is 0 Å². The number of aliphatic imine (C=N–C) groups is 1. The van der Waals surface area contributed by atoms with E-state index in [2.05, 4.69) is 46.3 Å². The van der Waals surface area contributed by atoms with Gasteiger partial charge in [-0.05, 0) is 13.8 Å². The zero-order valence-corrected chi connectivity index (χ0v) is 7.92. The molecule has 0 radical (unpaired) electrons. The van der Waals surface area contributed by atoms with Gasteiger partial charge in [-0.15, -0.1) is 0 Å². The van der Waals surface area contributed by atoms with E-state index >= 15 is 0 Å². The van der Waals surface area contributed by atoms with Crippen LogP contribution in [0.4, 0.5) is 0 Å². The van der Waals surface area contributed by atoms with Crippen LogP contribution in [0.25, 0.3) is 0 Å². The van der Waals surface area contributed by atoms with Crippen LogP contribution in [-0.2, 0) is 0 Å². The Balaban J connectivity index is 2.53. The van der Waals surface area contributed by atoms with Gasteiger partial charge in [0.25, 0.3) is 0 Å². The van der Waals surface area contributed by atoms with E-state index in [1.54, 1.807) is 0 Å². The van der Waals surface area contributed by atoms with Crippen LogP contribution in [0.5, 0.6) is 0 Å². The Morgan fingerprint density at radius 3 is 2.56 bits per heavy atom. The molecule has 0 N–H and O–H groups in total. The van der Waals surface area contributed by atoms with Gasteiger partial charge in [-0.1, -0.05) is 22.6 Å². The molecule has 0 atom stereocenters. The molecular formula is C6H11IN2. The fourth-order valence-corrected chi connectivity index (χ4v) is 1.15. The average Bonchev–Trinajstić information content (AvgIpc) is 2.08. The Kier molecular flexibility index (Phi) is 1.98. The van der Waals surface area contributed by atoms with Crippen molar-refractivity contribution in [2.24, 2.45) is 4.99 Å². The quantitative estimate of drug-likeness (QED) is 0.384. The molecule has 0 aromatic rings. The zero-order valence-electron chi connectivity index (χ0n) is 5.76. The van der Waals surface area contributed by atoms with Crippen molar-refractivity contribution in [3.05, 3.63) is 0 Å². The molecule has 1 aliphatic rings. The van der Waals surface area contributed by atoms with Crippen LogP contribution in [0.1, 0.15) is 13.8 Å². The Morgan fingerprint density at radius 2 is 2.33 bits per heavy atom. The predicted molar refractivity (Wildman–Crippen MR) is 48.2 cm³/mol. The highest BCUT2D eigenvalue weighted by Gasteiger charge is 2.21. The maximum Gasteiger partial charge on any atom is 0.0870 e. The SMILES string of the molecule is CC(C)(I)N1C=NCC1. The van der Waals surface area contributed by atoms with E-state index < -0.39 is 0 Å². The molecule has 0 amide bonds. The predicted octanol–water partition coefficient (Wildman–Crippen LogP) is 1.50. The number of nitrogens with zero attached hydrogens (tertiary/aromatic N) is 2. The second-order valence-corrected chi connectivity index (χ2v) is 5.26. The van der Waals surface area contributed by atoms with Gasteiger partial charge in [0.15, 0.2) is 0 Å². The largest absolute Gasteiger partial charge is 0.347 e. The molecule has 0 spiro atoms. The Bertz CT molecular complexity index is 126. The first-order valence-electron chi connectivity index (χ1n) is 3.06. The first-order chi connectivity index (χ1) is 4.11. The number of halogens is 1. The fraction of sp³-hybridized carbons (Fsp3) is 0.833. The summed E-state index contributed by atoms with van der Waals surface area (Å²) >= 11 is 2.41. The topological polar surface area (TPSA) is 15.6 Å². The third-order valence-electron chi connectivity index (χ3n) is 1.37. The lowest BCUT2D eigenvalue weighted by Gasteiger charge is -2.28. The molecule has 3 heteroatoms. The van der Waals surface area contributed by atoms with E-state index in [4.69, 9.17) is 0 Å². The summed E-state index contributed by atoms with van der Waals surface area (Å²) in [7, 11) is 0. The van der Waals surface area contributed by atoms with Crippen LogP contribution in [0.3, 0.4) is 0 Å². The van der Waals surface area contributed by atoms with Gasteiger partial charge in [0.05, 0.1) is 16.4 Å². The maximum atomic E-state index is 4.13. The minimum absolute atomic E-state index is 0.234. The van der Waals surface area contributed by atoms with Gasteiger partial charge in [-0.25, -0.2) is 0 Å². The molecule has 0 bridgehead atoms. The lowest BCUT2D eigenvalue weighted by atomic mass is 10.3. The summed E-state index contributed by atoms with van der Waals surface area (Å²) in [6.07, 6.45) is 1.94. The number of hydrogen-bond donors (Lipinski definition) is 0. The van der Waals surface area contributed by atoms with E-state index in [0.717, 1.165) is 13.1 Å². The normalized spacial score (nSPS) is 19.2. The molecule has 0 aromatic heterocycles. The van der Waals surface area contributed by atoms with E-state index in [-0.39, 0.29) is 3.55 Å². The molecule has 1 aliphatic heterocycles. The molecule has 0 aliphatic carbocycles. The summed E-state index contributed by atoms with van der Waals surface area (Å²) in [5.41, 5.74) is 0. The van der Waals surface area contributed by atoms with Gasteiger partial charge in [-0.3, -0.25) is 4.99 Å². The minimum atomic E-state index is 0.234. The van der Waals surface area contributed by atoms with Gasteiger partial charge >= 0.3 is 0 Å². The highest BCUT2D eigenvalue weighted by Crippen LogP contribution is 2.21. The second kappa shape index (κ2) is 2.44. The summed E-state index contributed by atoms with van der Waals surface area (Å²) in [5.74, 6) is 0. The minimum Gasteiger partial charge on any atom is -0.347 e. The molecule has 1 heterocycles. The van der Waals surface area contributed by atoms with Gasteiger partial charge in [0.2, 0.25) is 0 Å². The van der Waals surface area contributed by atoms with Crippen molar-refractivity contribution in [2.75, 3.05) is 13.1 Å². The van der Waals surface area contributed by atoms with Crippen molar-refractivity contribution < 1.29 is 0 Å². The van der Waals surface area contributed by atoms with E-state index in [1.807, 2.05) is 6.34 Å². The molecule has 0 aromatic carbocycles. The van der Waals surface area contributed by atoms with Crippen molar-refractivity contribution in [3.8, 4) is 0 Å². The van der Waals surface area contributed by atoms with Crippen molar-refractivity contribution >= 4 is 28.9 Å². The van der Waals surface area contributed by atoms with Crippen LogP contribution in [-0.4, -0.2) is 27.9 Å². The van der Waals surface area contributed by atoms with Crippen LogP contribution in [0.2, 0.25) is 0 Å². The molecule has 0 saturated heterocycles. The summed E-state index contributed by atoms with van der Waals surface area (Å²) in [5, 5.41) is 0. The van der Waals surface area contributed by atoms with Gasteiger partial charge in [-0.2, -0.15) is 0 Å². The van der Waals surface area contributed by atoms with E-state index in [1.165, 1.54) is 0 Å². The average molecular weight is 238 g/mol. The number of alkyl halides is 1. The first-order valence-corrected chi connectivity index (χ1v) is 4.14. The maximum absolute atomic E-state index is 4.13. The molecule has 52 valence electrons. The molecule has 9 heavy (non-hydrogen) atoms. The van der Waals surface area contributed by atoms with E-state index in [0.29, 0.717) is 0 Å².